The quantitative estimate of drug-likeness (QED) is 0.392. The molecule has 12 heteroatoms. The molecule has 0 radical (unpaired) electrons. The minimum atomic E-state index is -0.526. The number of piperidine rings is 1. The van der Waals surface area contributed by atoms with Crippen molar-refractivity contribution in [1.82, 2.24) is 25.0 Å². The molecule has 2 aliphatic rings. The van der Waals surface area contributed by atoms with Gasteiger partial charge in [-0.3, -0.25) is 14.4 Å². The van der Waals surface area contributed by atoms with E-state index in [9.17, 15) is 19.2 Å². The molecular weight excluding hydrogens is 554 g/mol. The lowest BCUT2D eigenvalue weighted by Gasteiger charge is -2.34. The van der Waals surface area contributed by atoms with Crippen LogP contribution in [0.15, 0.2) is 24.3 Å². The molecule has 3 heterocycles. The highest BCUT2D eigenvalue weighted by Gasteiger charge is 2.26. The highest BCUT2D eigenvalue weighted by molar-refractivity contribution is 5.98. The smallest absolute Gasteiger partial charge is 0.409 e. The number of pyridine rings is 1. The summed E-state index contributed by atoms with van der Waals surface area (Å²) in [5.41, 5.74) is 1.60. The number of rotatable bonds is 11. The molecule has 4 rings (SSSR count). The molecule has 1 atom stereocenters. The number of fused-ring (bicyclic) bond motifs is 1. The summed E-state index contributed by atoms with van der Waals surface area (Å²) < 4.78 is 16.9. The lowest BCUT2D eigenvalue weighted by Crippen LogP contribution is -2.52. The van der Waals surface area contributed by atoms with Crippen molar-refractivity contribution in [2.24, 2.45) is 0 Å². The van der Waals surface area contributed by atoms with Crippen molar-refractivity contribution in [3.63, 3.8) is 0 Å². The van der Waals surface area contributed by atoms with E-state index in [4.69, 9.17) is 14.2 Å². The van der Waals surface area contributed by atoms with Crippen LogP contribution in [0.2, 0.25) is 0 Å². The maximum absolute atomic E-state index is 13.1. The molecule has 4 amide bonds. The fourth-order valence-electron chi connectivity index (χ4n) is 5.20. The number of piperazine rings is 1. The molecule has 0 spiro atoms. The molecule has 1 aromatic heterocycles. The molecule has 234 valence electrons. The van der Waals surface area contributed by atoms with Gasteiger partial charge in [0, 0.05) is 57.3 Å². The van der Waals surface area contributed by atoms with Crippen molar-refractivity contribution < 1.29 is 33.4 Å². The van der Waals surface area contributed by atoms with Crippen molar-refractivity contribution in [1.29, 1.82) is 0 Å². The first-order valence-electron chi connectivity index (χ1n) is 15.2. The summed E-state index contributed by atoms with van der Waals surface area (Å²) in [5, 5.41) is 3.35. The van der Waals surface area contributed by atoms with E-state index in [0.29, 0.717) is 69.1 Å². The Balaban J connectivity index is 1.34. The molecule has 2 aliphatic heterocycles. The number of aromatic nitrogens is 1. The molecule has 0 aliphatic carbocycles. The van der Waals surface area contributed by atoms with Crippen LogP contribution >= 0.6 is 0 Å². The van der Waals surface area contributed by atoms with E-state index in [1.807, 2.05) is 39.0 Å². The molecule has 12 nitrogen and oxygen atoms in total. The molecule has 1 aromatic carbocycles. The van der Waals surface area contributed by atoms with Crippen LogP contribution in [-0.2, 0) is 19.1 Å². The fourth-order valence-corrected chi connectivity index (χ4v) is 5.20. The summed E-state index contributed by atoms with van der Waals surface area (Å²) in [7, 11) is 0. The lowest BCUT2D eigenvalue weighted by molar-refractivity contribution is -0.137. The van der Waals surface area contributed by atoms with Crippen molar-refractivity contribution >= 4 is 34.7 Å². The first kappa shape index (κ1) is 32.0. The van der Waals surface area contributed by atoms with Crippen molar-refractivity contribution in [3.05, 3.63) is 35.5 Å². The molecule has 2 fully saturated rings. The summed E-state index contributed by atoms with van der Waals surface area (Å²) in [6.45, 7) is 9.16. The first-order valence-corrected chi connectivity index (χ1v) is 15.2. The molecule has 1 N–H and O–H groups in total. The van der Waals surface area contributed by atoms with Crippen molar-refractivity contribution in [2.45, 2.75) is 52.6 Å². The predicted molar refractivity (Wildman–Crippen MR) is 160 cm³/mol. The largest absolute Gasteiger partial charge is 0.483 e. The topological polar surface area (TPSA) is 131 Å². The first-order chi connectivity index (χ1) is 20.8. The number of carbonyl (C=O) groups excluding carboxylic acids is 4. The van der Waals surface area contributed by atoms with E-state index in [0.717, 1.165) is 31.2 Å². The van der Waals surface area contributed by atoms with Crippen molar-refractivity contribution in [3.8, 4) is 5.75 Å². The Hall–Kier alpha value is -3.93. The molecule has 2 saturated heterocycles. The van der Waals surface area contributed by atoms with E-state index in [2.05, 4.69) is 10.3 Å². The fraction of sp³-hybridized carbons (Fsp3) is 0.581. The summed E-state index contributed by atoms with van der Waals surface area (Å²) in [5.74, 6) is -0.554. The molecule has 1 unspecified atom stereocenters. The van der Waals surface area contributed by atoms with Crippen LogP contribution in [0.5, 0.6) is 5.75 Å². The number of amides is 4. The number of nitrogens with one attached hydrogen (secondary N) is 1. The number of hydrogen-bond acceptors (Lipinski definition) is 8. The number of benzene rings is 1. The van der Waals surface area contributed by atoms with Gasteiger partial charge in [-0.2, -0.15) is 0 Å². The second-order valence-corrected chi connectivity index (χ2v) is 10.9. The van der Waals surface area contributed by atoms with Crippen LogP contribution in [0.3, 0.4) is 0 Å². The van der Waals surface area contributed by atoms with Gasteiger partial charge in [-0.25, -0.2) is 9.78 Å². The van der Waals surface area contributed by atoms with Crippen LogP contribution in [0.4, 0.5) is 4.79 Å². The van der Waals surface area contributed by atoms with E-state index < -0.39 is 5.91 Å². The number of nitrogens with zero attached hydrogens (tertiary/aromatic N) is 4. The molecular formula is C31H43N5O7. The molecule has 0 saturated carbocycles. The third-order valence-electron chi connectivity index (χ3n) is 7.66. The number of ether oxygens (including phenoxy) is 3. The van der Waals surface area contributed by atoms with Gasteiger partial charge in [0.25, 0.3) is 11.8 Å². The van der Waals surface area contributed by atoms with E-state index in [-0.39, 0.29) is 42.9 Å². The lowest BCUT2D eigenvalue weighted by atomic mass is 10.1. The summed E-state index contributed by atoms with van der Waals surface area (Å²) in [4.78, 5) is 60.5. The standard InChI is InChI=1S/C31H43N5O7/c1-4-6-16-42-31(40)35-14-12-34(13-15-35)28(37)19-32-30(39)26-18-27(24-10-9-22(3)17-25(24)33-26)43-21-29(38)36-11-7-8-23(20-36)41-5-2/h9-10,17-18,23H,4-8,11-16,19-21H2,1-3H3,(H,32,39). The highest BCUT2D eigenvalue weighted by Crippen LogP contribution is 2.27. The number of likely N-dealkylation sites (tertiary alicyclic amines) is 1. The second-order valence-electron chi connectivity index (χ2n) is 10.9. The Labute approximate surface area is 252 Å². The van der Waals surface area contributed by atoms with Gasteiger partial charge < -0.3 is 34.2 Å². The average molecular weight is 598 g/mol. The average Bonchev–Trinajstić information content (AvgIpc) is 3.02. The van der Waals surface area contributed by atoms with Crippen LogP contribution in [0.1, 0.15) is 55.6 Å². The SMILES string of the molecule is CCCCOC(=O)N1CCN(C(=O)CNC(=O)c2cc(OCC(=O)N3CCCC(OCC)C3)c3ccc(C)cc3n2)CC1. The van der Waals surface area contributed by atoms with E-state index >= 15 is 0 Å². The normalized spacial score (nSPS) is 17.1. The third kappa shape index (κ3) is 8.79. The third-order valence-corrected chi connectivity index (χ3v) is 7.66. The van der Waals surface area contributed by atoms with Crippen molar-refractivity contribution in [2.75, 3.05) is 65.6 Å². The van der Waals surface area contributed by atoms with Crippen LogP contribution < -0.4 is 10.1 Å². The zero-order valence-electron chi connectivity index (χ0n) is 25.4. The monoisotopic (exact) mass is 597 g/mol. The summed E-state index contributed by atoms with van der Waals surface area (Å²) >= 11 is 0. The number of unbranched alkanes of at least 4 members (excludes halogenated alkanes) is 1. The van der Waals surface area contributed by atoms with Gasteiger partial charge >= 0.3 is 6.09 Å². The predicted octanol–water partition coefficient (Wildman–Crippen LogP) is 2.76. The Morgan fingerprint density at radius 1 is 0.977 bits per heavy atom. The Morgan fingerprint density at radius 3 is 2.49 bits per heavy atom. The second kappa shape index (κ2) is 15.5. The Kier molecular flexibility index (Phi) is 11.5. The van der Waals surface area contributed by atoms with E-state index in [1.54, 1.807) is 14.7 Å². The number of aryl methyl sites for hydroxylation is 1. The van der Waals surface area contributed by atoms with E-state index in [1.165, 1.54) is 6.07 Å². The molecule has 2 aromatic rings. The Bertz CT molecular complexity index is 1290. The zero-order chi connectivity index (χ0) is 30.8. The van der Waals surface area contributed by atoms with Crippen LogP contribution in [0, 0.1) is 6.92 Å². The summed E-state index contributed by atoms with van der Waals surface area (Å²) in [6, 6.07) is 7.12. The van der Waals surface area contributed by atoms with Gasteiger partial charge in [-0.1, -0.05) is 19.4 Å². The van der Waals surface area contributed by atoms with Gasteiger partial charge in [0.05, 0.1) is 24.8 Å². The minimum Gasteiger partial charge on any atom is -0.483 e. The maximum atomic E-state index is 13.1. The van der Waals surface area contributed by atoms with Crippen LogP contribution in [0.25, 0.3) is 10.9 Å². The highest BCUT2D eigenvalue weighted by atomic mass is 16.6. The molecule has 43 heavy (non-hydrogen) atoms. The maximum Gasteiger partial charge on any atom is 0.409 e. The summed E-state index contributed by atoms with van der Waals surface area (Å²) in [6.07, 6.45) is 3.22. The van der Waals surface area contributed by atoms with Gasteiger partial charge in [0.2, 0.25) is 5.91 Å². The zero-order valence-corrected chi connectivity index (χ0v) is 25.4. The van der Waals surface area contributed by atoms with Gasteiger partial charge in [-0.05, 0) is 50.8 Å². The number of hydrogen-bond donors (Lipinski definition) is 1. The molecule has 0 bridgehead atoms. The van der Waals surface area contributed by atoms with Crippen LogP contribution in [-0.4, -0.2) is 115 Å². The number of carbonyl (C=O) groups is 4. The van der Waals surface area contributed by atoms with Gasteiger partial charge in [0.1, 0.15) is 11.4 Å². The van der Waals surface area contributed by atoms with Gasteiger partial charge in [0.15, 0.2) is 6.61 Å². The van der Waals surface area contributed by atoms with Gasteiger partial charge in [-0.15, -0.1) is 0 Å². The minimum absolute atomic E-state index is 0.0290. The Morgan fingerprint density at radius 2 is 1.74 bits per heavy atom.